The Kier molecular flexibility index (Phi) is 8.07. The molecule has 9 heteroatoms. The topological polar surface area (TPSA) is 82.1 Å². The fraction of sp³-hybridized carbons (Fsp3) is 0.625. The molecule has 0 spiro atoms. The van der Waals surface area contributed by atoms with Gasteiger partial charge in [-0.15, -0.1) is 35.3 Å². The predicted molar refractivity (Wildman–Crippen MR) is 112 cm³/mol. The summed E-state index contributed by atoms with van der Waals surface area (Å²) >= 11 is 1.76. The zero-order chi connectivity index (χ0) is 16.8. The first-order valence-corrected chi connectivity index (χ1v) is 9.37. The summed E-state index contributed by atoms with van der Waals surface area (Å²) < 4.78 is 0. The quantitative estimate of drug-likeness (QED) is 0.395. The van der Waals surface area contributed by atoms with Gasteiger partial charge in [0.15, 0.2) is 5.96 Å². The number of hydrogen-bond donors (Lipinski definition) is 2. The number of thiazole rings is 1. The van der Waals surface area contributed by atoms with E-state index in [1.54, 1.807) is 17.7 Å². The number of H-pyrrole nitrogens is 1. The number of nitrogens with one attached hydrogen (secondary N) is 2. The van der Waals surface area contributed by atoms with Crippen LogP contribution in [0, 0.1) is 6.92 Å². The summed E-state index contributed by atoms with van der Waals surface area (Å²) in [5.41, 5.74) is 0. The van der Waals surface area contributed by atoms with Gasteiger partial charge in [-0.05, 0) is 26.7 Å². The molecule has 0 atom stereocenters. The second-order valence-electron chi connectivity index (χ2n) is 5.98. The number of aromatic nitrogens is 4. The number of nitrogens with zero attached hydrogens (tertiary/aromatic N) is 5. The van der Waals surface area contributed by atoms with Crippen LogP contribution in [0.25, 0.3) is 0 Å². The lowest BCUT2D eigenvalue weighted by Crippen LogP contribution is -2.45. The molecular weight excluding hydrogens is 449 g/mol. The molecule has 2 N–H and O–H groups in total. The Bertz CT molecular complexity index is 647. The first-order valence-electron chi connectivity index (χ1n) is 8.56. The van der Waals surface area contributed by atoms with Gasteiger partial charge in [-0.25, -0.2) is 9.97 Å². The summed E-state index contributed by atoms with van der Waals surface area (Å²) in [6, 6.07) is 0. The average Bonchev–Trinajstić information content (AvgIpc) is 3.26. The Morgan fingerprint density at radius 1 is 1.40 bits per heavy atom. The molecule has 2 aromatic rings. The van der Waals surface area contributed by atoms with E-state index in [9.17, 15) is 0 Å². The number of aliphatic imine (C=N–C) groups is 1. The lowest BCUT2D eigenvalue weighted by atomic mass is 9.96. The third-order valence-electron chi connectivity index (χ3n) is 4.21. The molecule has 25 heavy (non-hydrogen) atoms. The fourth-order valence-corrected chi connectivity index (χ4v) is 3.75. The van der Waals surface area contributed by atoms with E-state index in [1.807, 2.05) is 6.20 Å². The highest BCUT2D eigenvalue weighted by Gasteiger charge is 2.24. The van der Waals surface area contributed by atoms with E-state index in [0.717, 1.165) is 62.2 Å². The molecule has 3 rings (SSSR count). The van der Waals surface area contributed by atoms with E-state index < -0.39 is 0 Å². The van der Waals surface area contributed by atoms with Gasteiger partial charge in [0.2, 0.25) is 0 Å². The number of hydrogen-bond acceptors (Lipinski definition) is 5. The minimum absolute atomic E-state index is 0. The Labute approximate surface area is 169 Å². The van der Waals surface area contributed by atoms with Crippen molar-refractivity contribution in [2.75, 3.05) is 26.2 Å². The van der Waals surface area contributed by atoms with Crippen molar-refractivity contribution in [2.24, 2.45) is 4.99 Å². The molecule has 0 bridgehead atoms. The first-order chi connectivity index (χ1) is 11.8. The molecule has 0 radical (unpaired) electrons. The number of likely N-dealkylation sites (tertiary alicyclic amines) is 1. The highest BCUT2D eigenvalue weighted by molar-refractivity contribution is 14.0. The molecule has 7 nitrogen and oxygen atoms in total. The van der Waals surface area contributed by atoms with Crippen molar-refractivity contribution in [3.05, 3.63) is 28.2 Å². The standard InChI is InChI=1S/C16H25N7S.HI/c1-3-17-16(18-7-4-14-19-10-12(2)24-14)23-8-5-13(6-9-23)15-20-11-21-22-15;/h10-11,13H,3-9H2,1-2H3,(H,17,18)(H,20,21,22);1H. The van der Waals surface area contributed by atoms with Gasteiger partial charge in [0, 0.05) is 49.6 Å². The van der Waals surface area contributed by atoms with Crippen LogP contribution in [-0.2, 0) is 6.42 Å². The van der Waals surface area contributed by atoms with Gasteiger partial charge in [-0.3, -0.25) is 10.1 Å². The predicted octanol–water partition coefficient (Wildman–Crippen LogP) is 2.58. The minimum Gasteiger partial charge on any atom is -0.357 e. The Morgan fingerprint density at radius 2 is 2.20 bits per heavy atom. The SMILES string of the molecule is CCNC(=NCCc1ncc(C)s1)N1CCC(c2ncn[nH]2)CC1.I. The van der Waals surface area contributed by atoms with Gasteiger partial charge >= 0.3 is 0 Å². The van der Waals surface area contributed by atoms with E-state index in [4.69, 9.17) is 4.99 Å². The van der Waals surface area contributed by atoms with Crippen molar-refractivity contribution in [1.29, 1.82) is 0 Å². The minimum atomic E-state index is 0. The third-order valence-corrected chi connectivity index (χ3v) is 5.18. The molecule has 1 aliphatic heterocycles. The summed E-state index contributed by atoms with van der Waals surface area (Å²) in [6.07, 6.45) is 6.58. The summed E-state index contributed by atoms with van der Waals surface area (Å²) in [6.45, 7) is 7.85. The largest absolute Gasteiger partial charge is 0.357 e. The molecule has 1 saturated heterocycles. The third kappa shape index (κ3) is 5.63. The maximum atomic E-state index is 4.79. The molecule has 0 amide bonds. The second-order valence-corrected chi connectivity index (χ2v) is 7.30. The summed E-state index contributed by atoms with van der Waals surface area (Å²) in [5, 5.41) is 11.5. The van der Waals surface area contributed by atoms with Gasteiger partial charge < -0.3 is 10.2 Å². The molecule has 0 saturated carbocycles. The van der Waals surface area contributed by atoms with Gasteiger partial charge in [-0.1, -0.05) is 0 Å². The van der Waals surface area contributed by atoms with Crippen molar-refractivity contribution < 1.29 is 0 Å². The summed E-state index contributed by atoms with van der Waals surface area (Å²) in [7, 11) is 0. The second kappa shape index (κ2) is 10.0. The number of guanidine groups is 1. The lowest BCUT2D eigenvalue weighted by Gasteiger charge is -2.33. The van der Waals surface area contributed by atoms with Gasteiger partial charge in [-0.2, -0.15) is 5.10 Å². The van der Waals surface area contributed by atoms with Crippen molar-refractivity contribution >= 4 is 41.3 Å². The van der Waals surface area contributed by atoms with Crippen LogP contribution >= 0.6 is 35.3 Å². The molecule has 138 valence electrons. The molecule has 3 heterocycles. The van der Waals surface area contributed by atoms with E-state index >= 15 is 0 Å². The van der Waals surface area contributed by atoms with Crippen molar-refractivity contribution in [3.63, 3.8) is 0 Å². The van der Waals surface area contributed by atoms with Crippen LogP contribution in [0.4, 0.5) is 0 Å². The Balaban J connectivity index is 0.00000225. The molecule has 1 aliphatic rings. The van der Waals surface area contributed by atoms with Crippen LogP contribution in [0.1, 0.15) is 41.4 Å². The van der Waals surface area contributed by atoms with Gasteiger partial charge in [0.05, 0.1) is 5.01 Å². The van der Waals surface area contributed by atoms with Crippen LogP contribution in [-0.4, -0.2) is 57.2 Å². The van der Waals surface area contributed by atoms with E-state index in [0.29, 0.717) is 5.92 Å². The Morgan fingerprint density at radius 3 is 2.80 bits per heavy atom. The number of halogens is 1. The monoisotopic (exact) mass is 475 g/mol. The molecule has 1 fully saturated rings. The maximum Gasteiger partial charge on any atom is 0.193 e. The average molecular weight is 475 g/mol. The number of aryl methyl sites for hydroxylation is 1. The lowest BCUT2D eigenvalue weighted by molar-refractivity contribution is 0.299. The highest BCUT2D eigenvalue weighted by atomic mass is 127. The zero-order valence-corrected chi connectivity index (χ0v) is 17.9. The van der Waals surface area contributed by atoms with Crippen LogP contribution in [0.15, 0.2) is 17.5 Å². The van der Waals surface area contributed by atoms with Crippen molar-refractivity contribution in [2.45, 2.75) is 39.0 Å². The normalized spacial score (nSPS) is 15.9. The summed E-state index contributed by atoms with van der Waals surface area (Å²) in [4.78, 5) is 17.1. The zero-order valence-electron chi connectivity index (χ0n) is 14.7. The molecule has 2 aromatic heterocycles. The van der Waals surface area contributed by atoms with Gasteiger partial charge in [0.25, 0.3) is 0 Å². The molecule has 0 unspecified atom stereocenters. The number of aromatic amines is 1. The Hall–Kier alpha value is -1.23. The maximum absolute atomic E-state index is 4.79. The first kappa shape index (κ1) is 20.1. The molecule has 0 aliphatic carbocycles. The highest BCUT2D eigenvalue weighted by Crippen LogP contribution is 2.24. The van der Waals surface area contributed by atoms with Gasteiger partial charge in [0.1, 0.15) is 12.2 Å². The van der Waals surface area contributed by atoms with Crippen LogP contribution in [0.5, 0.6) is 0 Å². The smallest absolute Gasteiger partial charge is 0.193 e. The molecular formula is C16H26IN7S. The van der Waals surface area contributed by atoms with Crippen LogP contribution < -0.4 is 5.32 Å². The van der Waals surface area contributed by atoms with E-state index in [1.165, 1.54) is 4.88 Å². The van der Waals surface area contributed by atoms with E-state index in [-0.39, 0.29) is 24.0 Å². The van der Waals surface area contributed by atoms with E-state index in [2.05, 4.69) is 44.2 Å². The number of rotatable bonds is 5. The van der Waals surface area contributed by atoms with Crippen LogP contribution in [0.2, 0.25) is 0 Å². The summed E-state index contributed by atoms with van der Waals surface area (Å²) in [5.74, 6) is 2.50. The van der Waals surface area contributed by atoms with Crippen LogP contribution in [0.3, 0.4) is 0 Å². The van der Waals surface area contributed by atoms with Crippen molar-refractivity contribution in [3.8, 4) is 0 Å². The number of piperidine rings is 1. The molecule has 0 aromatic carbocycles. The van der Waals surface area contributed by atoms with Crippen molar-refractivity contribution in [1.82, 2.24) is 30.4 Å². The fourth-order valence-electron chi connectivity index (χ4n) is 2.98.